The number of carbonyl (C=O) groups excluding carboxylic acids is 1. The van der Waals surface area contributed by atoms with Crippen LogP contribution in [0.1, 0.15) is 63.4 Å². The minimum atomic E-state index is -0.199. The van der Waals surface area contributed by atoms with Crippen molar-refractivity contribution in [1.29, 1.82) is 0 Å². The summed E-state index contributed by atoms with van der Waals surface area (Å²) < 4.78 is 5.37. The second kappa shape index (κ2) is 6.59. The highest BCUT2D eigenvalue weighted by molar-refractivity contribution is 5.93. The van der Waals surface area contributed by atoms with Gasteiger partial charge in [-0.1, -0.05) is 24.6 Å². The summed E-state index contributed by atoms with van der Waals surface area (Å²) in [6.07, 6.45) is 8.47. The van der Waals surface area contributed by atoms with Gasteiger partial charge in [-0.25, -0.2) is 0 Å². The lowest BCUT2D eigenvalue weighted by molar-refractivity contribution is -0.114. The SMILES string of the molecule is COc1ccc(C2CC3(C)C(O)CCC3C3CCC4=CC(=O)CCC4=C23)cc1. The summed E-state index contributed by atoms with van der Waals surface area (Å²) in [6, 6.07) is 8.51. The molecule has 0 bridgehead atoms. The van der Waals surface area contributed by atoms with E-state index >= 15 is 0 Å². The van der Waals surface area contributed by atoms with E-state index in [0.29, 0.717) is 24.2 Å². The largest absolute Gasteiger partial charge is 0.497 e. The Balaban J connectivity index is 1.66. The molecular weight excluding hydrogens is 348 g/mol. The molecule has 1 aromatic carbocycles. The molecule has 5 rings (SSSR count). The minimum Gasteiger partial charge on any atom is -0.497 e. The molecule has 2 saturated carbocycles. The summed E-state index contributed by atoms with van der Waals surface area (Å²) in [5, 5.41) is 10.9. The Labute approximate surface area is 167 Å². The van der Waals surface area contributed by atoms with E-state index in [2.05, 4.69) is 31.2 Å². The van der Waals surface area contributed by atoms with Crippen molar-refractivity contribution in [2.75, 3.05) is 7.11 Å². The molecule has 0 amide bonds. The Morgan fingerprint density at radius 2 is 1.86 bits per heavy atom. The van der Waals surface area contributed by atoms with Crippen molar-refractivity contribution in [3.05, 3.63) is 52.6 Å². The molecule has 0 aromatic heterocycles. The van der Waals surface area contributed by atoms with Crippen LogP contribution in [0.5, 0.6) is 5.75 Å². The molecule has 4 aliphatic rings. The van der Waals surface area contributed by atoms with Gasteiger partial charge in [0.1, 0.15) is 5.75 Å². The third-order valence-corrected chi connectivity index (χ3v) is 8.20. The van der Waals surface area contributed by atoms with E-state index in [1.807, 2.05) is 6.08 Å². The zero-order valence-electron chi connectivity index (χ0n) is 16.9. The number of hydrogen-bond donors (Lipinski definition) is 1. The van der Waals surface area contributed by atoms with Crippen LogP contribution in [-0.2, 0) is 4.79 Å². The number of methoxy groups -OCH3 is 1. The Morgan fingerprint density at radius 1 is 1.07 bits per heavy atom. The molecule has 5 atom stereocenters. The van der Waals surface area contributed by atoms with Gasteiger partial charge in [0, 0.05) is 12.3 Å². The van der Waals surface area contributed by atoms with E-state index in [9.17, 15) is 9.90 Å². The molecule has 28 heavy (non-hydrogen) atoms. The van der Waals surface area contributed by atoms with Crippen LogP contribution in [0, 0.1) is 17.3 Å². The molecule has 1 aromatic rings. The number of hydrogen-bond acceptors (Lipinski definition) is 3. The van der Waals surface area contributed by atoms with E-state index in [4.69, 9.17) is 4.74 Å². The summed E-state index contributed by atoms with van der Waals surface area (Å²) >= 11 is 0. The monoisotopic (exact) mass is 378 g/mol. The van der Waals surface area contributed by atoms with Gasteiger partial charge in [0.15, 0.2) is 5.78 Å². The number of carbonyl (C=O) groups is 1. The maximum Gasteiger partial charge on any atom is 0.156 e. The number of allylic oxidation sites excluding steroid dienone is 4. The van der Waals surface area contributed by atoms with Crippen molar-refractivity contribution in [1.82, 2.24) is 0 Å². The smallest absolute Gasteiger partial charge is 0.156 e. The van der Waals surface area contributed by atoms with Crippen LogP contribution in [0.15, 0.2) is 47.1 Å². The Hall–Kier alpha value is -1.87. The molecule has 4 aliphatic carbocycles. The Bertz CT molecular complexity index is 862. The van der Waals surface area contributed by atoms with Gasteiger partial charge in [-0.05, 0) is 90.7 Å². The fraction of sp³-hybridized carbons (Fsp3) is 0.560. The maximum atomic E-state index is 12.0. The molecule has 148 valence electrons. The van der Waals surface area contributed by atoms with Gasteiger partial charge in [-0.15, -0.1) is 0 Å². The molecule has 2 fully saturated rings. The third-order valence-electron chi connectivity index (χ3n) is 8.20. The van der Waals surface area contributed by atoms with Crippen LogP contribution >= 0.6 is 0 Å². The van der Waals surface area contributed by atoms with Gasteiger partial charge in [-0.2, -0.15) is 0 Å². The molecule has 0 aliphatic heterocycles. The normalized spacial score (nSPS) is 37.1. The summed E-state index contributed by atoms with van der Waals surface area (Å²) in [7, 11) is 1.70. The average molecular weight is 379 g/mol. The summed E-state index contributed by atoms with van der Waals surface area (Å²) in [6.45, 7) is 2.32. The first-order valence-corrected chi connectivity index (χ1v) is 10.8. The van der Waals surface area contributed by atoms with Gasteiger partial charge in [0.25, 0.3) is 0 Å². The van der Waals surface area contributed by atoms with E-state index in [1.165, 1.54) is 16.7 Å². The van der Waals surface area contributed by atoms with Crippen molar-refractivity contribution in [2.45, 2.75) is 63.9 Å². The average Bonchev–Trinajstić information content (AvgIpc) is 3.01. The van der Waals surface area contributed by atoms with Gasteiger partial charge in [0.05, 0.1) is 13.2 Å². The predicted octanol–water partition coefficient (Wildman–Crippen LogP) is 4.96. The quantitative estimate of drug-likeness (QED) is 0.791. The van der Waals surface area contributed by atoms with E-state index in [0.717, 1.165) is 44.3 Å². The summed E-state index contributed by atoms with van der Waals surface area (Å²) in [5.41, 5.74) is 5.67. The van der Waals surface area contributed by atoms with Crippen molar-refractivity contribution in [3.63, 3.8) is 0 Å². The zero-order chi connectivity index (χ0) is 19.5. The minimum absolute atomic E-state index is 0.00890. The summed E-state index contributed by atoms with van der Waals surface area (Å²) in [4.78, 5) is 12.0. The maximum absolute atomic E-state index is 12.0. The van der Waals surface area contributed by atoms with Crippen LogP contribution in [0.2, 0.25) is 0 Å². The number of benzene rings is 1. The number of rotatable bonds is 2. The Morgan fingerprint density at radius 3 is 2.61 bits per heavy atom. The standard InChI is InChI=1S/C25H30O3/c1-25-14-21(15-3-7-18(28-2)8-4-15)24-19-10-6-17(26)13-16(19)5-9-20(24)22(25)11-12-23(25)27/h3-4,7-8,13,20-23,27H,5-6,9-12,14H2,1-2H3. The third kappa shape index (κ3) is 2.62. The van der Waals surface area contributed by atoms with Crippen LogP contribution in [0.3, 0.4) is 0 Å². The molecule has 0 spiro atoms. The van der Waals surface area contributed by atoms with Crippen molar-refractivity contribution in [3.8, 4) is 5.75 Å². The highest BCUT2D eigenvalue weighted by atomic mass is 16.5. The Kier molecular flexibility index (Phi) is 4.28. The van der Waals surface area contributed by atoms with Gasteiger partial charge in [0.2, 0.25) is 0 Å². The van der Waals surface area contributed by atoms with Gasteiger partial charge >= 0.3 is 0 Å². The van der Waals surface area contributed by atoms with E-state index in [-0.39, 0.29) is 17.3 Å². The van der Waals surface area contributed by atoms with Crippen LogP contribution in [-0.4, -0.2) is 24.1 Å². The lowest BCUT2D eigenvalue weighted by Gasteiger charge is -2.52. The first-order valence-electron chi connectivity index (χ1n) is 10.8. The lowest BCUT2D eigenvalue weighted by atomic mass is 9.53. The molecule has 5 unspecified atom stereocenters. The first kappa shape index (κ1) is 18.2. The number of aliphatic hydroxyl groups is 1. The second-order valence-corrected chi connectivity index (χ2v) is 9.45. The number of ether oxygens (including phenoxy) is 1. The highest BCUT2D eigenvalue weighted by Gasteiger charge is 2.56. The fourth-order valence-electron chi connectivity index (χ4n) is 6.77. The molecule has 1 N–H and O–H groups in total. The van der Waals surface area contributed by atoms with Crippen LogP contribution in [0.25, 0.3) is 0 Å². The number of ketones is 1. The summed E-state index contributed by atoms with van der Waals surface area (Å²) in [5.74, 6) is 2.61. The fourth-order valence-corrected chi connectivity index (χ4v) is 6.77. The highest BCUT2D eigenvalue weighted by Crippen LogP contribution is 2.63. The van der Waals surface area contributed by atoms with Crippen LogP contribution in [0.4, 0.5) is 0 Å². The van der Waals surface area contributed by atoms with Crippen molar-refractivity contribution < 1.29 is 14.6 Å². The molecular formula is C25H30O3. The number of fused-ring (bicyclic) bond motifs is 4. The van der Waals surface area contributed by atoms with E-state index < -0.39 is 0 Å². The van der Waals surface area contributed by atoms with E-state index in [1.54, 1.807) is 12.7 Å². The second-order valence-electron chi connectivity index (χ2n) is 9.45. The van der Waals surface area contributed by atoms with Crippen molar-refractivity contribution >= 4 is 5.78 Å². The predicted molar refractivity (Wildman–Crippen MR) is 109 cm³/mol. The molecule has 0 heterocycles. The molecule has 3 nitrogen and oxygen atoms in total. The molecule has 3 heteroatoms. The molecule has 0 radical (unpaired) electrons. The first-order chi connectivity index (χ1) is 13.5. The van der Waals surface area contributed by atoms with Gasteiger partial charge in [-0.3, -0.25) is 4.79 Å². The topological polar surface area (TPSA) is 46.5 Å². The van der Waals surface area contributed by atoms with Crippen LogP contribution < -0.4 is 4.74 Å². The zero-order valence-corrected chi connectivity index (χ0v) is 16.9. The lowest BCUT2D eigenvalue weighted by Crippen LogP contribution is -2.45. The number of aliphatic hydroxyl groups excluding tert-OH is 1. The molecule has 0 saturated heterocycles. The van der Waals surface area contributed by atoms with Crippen molar-refractivity contribution in [2.24, 2.45) is 17.3 Å². The van der Waals surface area contributed by atoms with Gasteiger partial charge < -0.3 is 9.84 Å².